The van der Waals surface area contributed by atoms with Crippen LogP contribution in [0.15, 0.2) is 30.5 Å². The number of para-hydroxylation sites is 1. The van der Waals surface area contributed by atoms with E-state index in [-0.39, 0.29) is 11.9 Å². The van der Waals surface area contributed by atoms with E-state index < -0.39 is 10.8 Å². The highest BCUT2D eigenvalue weighted by atomic mass is 32.2. The molecule has 108 valence electrons. The van der Waals surface area contributed by atoms with Crippen molar-refractivity contribution >= 4 is 27.6 Å². The molecule has 0 saturated heterocycles. The number of fused-ring (bicyclic) bond motifs is 1. The van der Waals surface area contributed by atoms with Crippen LogP contribution < -0.4 is 5.32 Å². The van der Waals surface area contributed by atoms with E-state index in [1.807, 2.05) is 31.3 Å². The monoisotopic (exact) mass is 292 g/mol. The topological polar surface area (TPSA) is 62.0 Å². The quantitative estimate of drug-likeness (QED) is 0.855. The molecule has 0 fully saturated rings. The first-order chi connectivity index (χ1) is 9.56. The number of nitrogens with one attached hydrogen (secondary N) is 2. The number of aromatic amines is 1. The molecule has 4 nitrogen and oxygen atoms in total. The Bertz CT molecular complexity index is 621. The van der Waals surface area contributed by atoms with Crippen LogP contribution in [0.4, 0.5) is 0 Å². The number of benzene rings is 1. The summed E-state index contributed by atoms with van der Waals surface area (Å²) in [7, 11) is -0.884. The van der Waals surface area contributed by atoms with Gasteiger partial charge in [-0.3, -0.25) is 9.00 Å². The van der Waals surface area contributed by atoms with Crippen molar-refractivity contribution in [1.29, 1.82) is 0 Å². The van der Waals surface area contributed by atoms with Gasteiger partial charge in [0.15, 0.2) is 0 Å². The summed E-state index contributed by atoms with van der Waals surface area (Å²) in [5, 5.41) is 4.05. The summed E-state index contributed by atoms with van der Waals surface area (Å²) in [5.41, 5.74) is 2.25. The highest BCUT2D eigenvalue weighted by molar-refractivity contribution is 7.84. The van der Waals surface area contributed by atoms with Gasteiger partial charge in [-0.05, 0) is 25.0 Å². The van der Waals surface area contributed by atoms with E-state index in [4.69, 9.17) is 0 Å². The Morgan fingerprint density at radius 2 is 2.15 bits per heavy atom. The second-order valence-corrected chi connectivity index (χ2v) is 6.55. The Balaban J connectivity index is 1.89. The van der Waals surface area contributed by atoms with Gasteiger partial charge in [0.25, 0.3) is 0 Å². The summed E-state index contributed by atoms with van der Waals surface area (Å²) in [6.45, 7) is 1.88. The van der Waals surface area contributed by atoms with E-state index in [0.29, 0.717) is 18.6 Å². The van der Waals surface area contributed by atoms with Crippen LogP contribution in [0.5, 0.6) is 0 Å². The maximum absolute atomic E-state index is 11.8. The maximum atomic E-state index is 11.8. The third-order valence-corrected chi connectivity index (χ3v) is 4.16. The molecule has 1 heterocycles. The lowest BCUT2D eigenvalue weighted by atomic mass is 10.1. The third kappa shape index (κ3) is 3.93. The van der Waals surface area contributed by atoms with E-state index in [1.54, 1.807) is 6.26 Å². The van der Waals surface area contributed by atoms with Gasteiger partial charge in [0.2, 0.25) is 5.91 Å². The number of carbonyl (C=O) groups is 1. The minimum atomic E-state index is -0.884. The van der Waals surface area contributed by atoms with Crippen molar-refractivity contribution in [2.45, 2.75) is 25.8 Å². The van der Waals surface area contributed by atoms with Crippen LogP contribution >= 0.6 is 0 Å². The first-order valence-corrected chi connectivity index (χ1v) is 8.43. The molecule has 1 aromatic heterocycles. The second-order valence-electron chi connectivity index (χ2n) is 5.07. The van der Waals surface area contributed by atoms with Gasteiger partial charge in [0.05, 0.1) is 0 Å². The highest BCUT2D eigenvalue weighted by Crippen LogP contribution is 2.18. The fourth-order valence-electron chi connectivity index (χ4n) is 2.33. The number of hydrogen-bond donors (Lipinski definition) is 2. The number of amides is 1. The highest BCUT2D eigenvalue weighted by Gasteiger charge is 2.10. The van der Waals surface area contributed by atoms with Crippen molar-refractivity contribution in [2.24, 2.45) is 0 Å². The minimum absolute atomic E-state index is 0.00762. The number of rotatable bonds is 6. The molecule has 0 aliphatic carbocycles. The van der Waals surface area contributed by atoms with Crippen molar-refractivity contribution in [2.75, 3.05) is 12.0 Å². The third-order valence-electron chi connectivity index (χ3n) is 3.19. The van der Waals surface area contributed by atoms with Gasteiger partial charge in [-0.15, -0.1) is 0 Å². The summed E-state index contributed by atoms with van der Waals surface area (Å²) in [5.74, 6) is 0.506. The van der Waals surface area contributed by atoms with Crippen molar-refractivity contribution in [1.82, 2.24) is 10.3 Å². The van der Waals surface area contributed by atoms with E-state index in [0.717, 1.165) is 11.1 Å². The lowest BCUT2D eigenvalue weighted by Gasteiger charge is -2.12. The van der Waals surface area contributed by atoms with Crippen molar-refractivity contribution in [3.63, 3.8) is 0 Å². The molecule has 0 radical (unpaired) electrons. The average Bonchev–Trinajstić information content (AvgIpc) is 2.78. The van der Waals surface area contributed by atoms with Crippen molar-refractivity contribution in [3.8, 4) is 0 Å². The second kappa shape index (κ2) is 6.70. The molecule has 2 rings (SSSR count). The first kappa shape index (κ1) is 14.8. The SMILES string of the molecule is CC(CS(C)=O)NC(=O)CCc1c[nH]c2ccccc12. The molecule has 2 atom stereocenters. The predicted molar refractivity (Wildman–Crippen MR) is 83.2 cm³/mol. The number of carbonyl (C=O) groups excluding carboxylic acids is 1. The van der Waals surface area contributed by atoms with Crippen LogP contribution in [0.1, 0.15) is 18.9 Å². The summed E-state index contributed by atoms with van der Waals surface area (Å²) in [6, 6.07) is 8.02. The van der Waals surface area contributed by atoms with E-state index in [9.17, 15) is 9.00 Å². The average molecular weight is 292 g/mol. The van der Waals surface area contributed by atoms with E-state index in [1.165, 1.54) is 5.39 Å². The van der Waals surface area contributed by atoms with Gasteiger partial charge < -0.3 is 10.3 Å². The van der Waals surface area contributed by atoms with Gasteiger partial charge in [0, 0.05) is 52.4 Å². The van der Waals surface area contributed by atoms with Gasteiger partial charge in [-0.25, -0.2) is 0 Å². The van der Waals surface area contributed by atoms with Gasteiger partial charge in [0.1, 0.15) is 0 Å². The number of H-pyrrole nitrogens is 1. The molecule has 2 unspecified atom stereocenters. The molecule has 5 heteroatoms. The summed E-state index contributed by atoms with van der Waals surface area (Å²) in [4.78, 5) is 15.1. The number of aryl methyl sites for hydroxylation is 1. The van der Waals surface area contributed by atoms with Crippen molar-refractivity contribution in [3.05, 3.63) is 36.0 Å². The predicted octanol–water partition coefficient (Wildman–Crippen LogP) is 1.98. The molecular weight excluding hydrogens is 272 g/mol. The molecule has 20 heavy (non-hydrogen) atoms. The molecule has 0 saturated carbocycles. The van der Waals surface area contributed by atoms with Crippen LogP contribution in [-0.4, -0.2) is 33.2 Å². The molecule has 1 aromatic carbocycles. The molecule has 0 spiro atoms. The molecule has 0 bridgehead atoms. The van der Waals surface area contributed by atoms with Crippen LogP contribution in [0.3, 0.4) is 0 Å². The lowest BCUT2D eigenvalue weighted by molar-refractivity contribution is -0.121. The van der Waals surface area contributed by atoms with E-state index in [2.05, 4.69) is 16.4 Å². The Hall–Kier alpha value is -1.62. The zero-order valence-electron chi connectivity index (χ0n) is 11.8. The van der Waals surface area contributed by atoms with Crippen LogP contribution in [0, 0.1) is 0 Å². The Labute approximate surface area is 121 Å². The summed E-state index contributed by atoms with van der Waals surface area (Å²) >= 11 is 0. The Morgan fingerprint density at radius 1 is 1.40 bits per heavy atom. The first-order valence-electron chi connectivity index (χ1n) is 6.70. The van der Waals surface area contributed by atoms with Crippen LogP contribution in [0.2, 0.25) is 0 Å². The number of hydrogen-bond acceptors (Lipinski definition) is 2. The molecule has 2 aromatic rings. The maximum Gasteiger partial charge on any atom is 0.220 e. The van der Waals surface area contributed by atoms with Crippen LogP contribution in [0.25, 0.3) is 10.9 Å². The lowest BCUT2D eigenvalue weighted by Crippen LogP contribution is -2.36. The fourth-order valence-corrected chi connectivity index (χ4v) is 3.11. The van der Waals surface area contributed by atoms with Crippen LogP contribution in [-0.2, 0) is 22.0 Å². The molecule has 0 aliphatic heterocycles. The molecule has 0 aliphatic rings. The Kier molecular flexibility index (Phi) is 4.95. The normalized spacial score (nSPS) is 14.1. The zero-order chi connectivity index (χ0) is 14.5. The largest absolute Gasteiger partial charge is 0.361 e. The summed E-state index contributed by atoms with van der Waals surface area (Å²) < 4.78 is 11.1. The zero-order valence-corrected chi connectivity index (χ0v) is 12.6. The molecular formula is C15H20N2O2S. The standard InChI is InChI=1S/C15H20N2O2S/c1-11(10-20(2)19)17-15(18)8-7-12-9-16-14-6-4-3-5-13(12)14/h3-6,9,11,16H,7-8,10H2,1-2H3,(H,17,18). The molecule has 1 amide bonds. The Morgan fingerprint density at radius 3 is 2.90 bits per heavy atom. The smallest absolute Gasteiger partial charge is 0.220 e. The van der Waals surface area contributed by atoms with E-state index >= 15 is 0 Å². The van der Waals surface area contributed by atoms with Gasteiger partial charge >= 0.3 is 0 Å². The van der Waals surface area contributed by atoms with Gasteiger partial charge in [-0.2, -0.15) is 0 Å². The fraction of sp³-hybridized carbons (Fsp3) is 0.400. The summed E-state index contributed by atoms with van der Waals surface area (Å²) in [6.07, 6.45) is 4.76. The minimum Gasteiger partial charge on any atom is -0.361 e. The number of aromatic nitrogens is 1. The van der Waals surface area contributed by atoms with Gasteiger partial charge in [-0.1, -0.05) is 18.2 Å². The molecule has 2 N–H and O–H groups in total. The van der Waals surface area contributed by atoms with Crippen molar-refractivity contribution < 1.29 is 9.00 Å².